The molecule has 108 valence electrons. The van der Waals surface area contributed by atoms with Crippen LogP contribution in [-0.4, -0.2) is 24.8 Å². The maximum absolute atomic E-state index is 13.1. The van der Waals surface area contributed by atoms with Gasteiger partial charge in [-0.15, -0.1) is 0 Å². The van der Waals surface area contributed by atoms with Crippen LogP contribution < -0.4 is 0 Å². The van der Waals surface area contributed by atoms with Crippen LogP contribution in [0.2, 0.25) is 0 Å². The zero-order valence-corrected chi connectivity index (χ0v) is 12.1. The van der Waals surface area contributed by atoms with Crippen molar-refractivity contribution < 1.29 is 12.8 Å². The molecule has 0 amide bonds. The van der Waals surface area contributed by atoms with Gasteiger partial charge in [-0.3, -0.25) is 0 Å². The van der Waals surface area contributed by atoms with Crippen LogP contribution in [0.1, 0.15) is 37.3 Å². The number of benzene rings is 1. The molecule has 3 rings (SSSR count). The highest BCUT2D eigenvalue weighted by atomic mass is 32.2. The number of hydrazone groups is 1. The molecule has 1 saturated carbocycles. The van der Waals surface area contributed by atoms with Crippen LogP contribution in [0, 0.1) is 11.7 Å². The first-order valence-corrected chi connectivity index (χ1v) is 8.64. The molecular formula is C14H17FN2O2S. The second-order valence-corrected chi connectivity index (χ2v) is 7.32. The Balaban J connectivity index is 2.03. The highest BCUT2D eigenvalue weighted by Crippen LogP contribution is 2.43. The summed E-state index contributed by atoms with van der Waals surface area (Å²) in [6.07, 6.45) is 5.11. The Morgan fingerprint density at radius 1 is 1.25 bits per heavy atom. The number of hydrogen-bond donors (Lipinski definition) is 0. The topological polar surface area (TPSA) is 49.7 Å². The predicted molar refractivity (Wildman–Crippen MR) is 75.2 cm³/mol. The van der Waals surface area contributed by atoms with Crippen molar-refractivity contribution >= 4 is 15.7 Å². The fourth-order valence-corrected chi connectivity index (χ4v) is 4.06. The normalized spacial score (nSPS) is 26.3. The van der Waals surface area contributed by atoms with Crippen LogP contribution in [0.25, 0.3) is 0 Å². The van der Waals surface area contributed by atoms with E-state index in [0.717, 1.165) is 37.0 Å². The molecule has 1 aromatic carbocycles. The summed E-state index contributed by atoms with van der Waals surface area (Å²) >= 11 is 0. The van der Waals surface area contributed by atoms with Crippen molar-refractivity contribution in [2.24, 2.45) is 11.0 Å². The summed E-state index contributed by atoms with van der Waals surface area (Å²) in [5.74, 6) is -0.189. The molecule has 0 N–H and O–H groups in total. The van der Waals surface area contributed by atoms with Crippen LogP contribution in [0.3, 0.4) is 0 Å². The third-order valence-corrected chi connectivity index (χ3v) is 5.01. The lowest BCUT2D eigenvalue weighted by Gasteiger charge is -2.28. The Morgan fingerprint density at radius 3 is 2.60 bits per heavy atom. The van der Waals surface area contributed by atoms with Crippen LogP contribution in [0.15, 0.2) is 29.4 Å². The van der Waals surface area contributed by atoms with Gasteiger partial charge in [0.15, 0.2) is 0 Å². The van der Waals surface area contributed by atoms with E-state index in [-0.39, 0.29) is 17.8 Å². The summed E-state index contributed by atoms with van der Waals surface area (Å²) in [4.78, 5) is 0. The van der Waals surface area contributed by atoms with Crippen molar-refractivity contribution in [3.63, 3.8) is 0 Å². The number of sulfonamides is 1. The van der Waals surface area contributed by atoms with E-state index in [1.165, 1.54) is 22.8 Å². The van der Waals surface area contributed by atoms with E-state index in [4.69, 9.17) is 0 Å². The van der Waals surface area contributed by atoms with E-state index in [0.29, 0.717) is 0 Å². The second kappa shape index (κ2) is 4.84. The van der Waals surface area contributed by atoms with E-state index < -0.39 is 10.0 Å². The molecule has 4 nitrogen and oxygen atoms in total. The average molecular weight is 296 g/mol. The van der Waals surface area contributed by atoms with Crippen molar-refractivity contribution in [1.29, 1.82) is 0 Å². The standard InChI is InChI=1S/C14H17FN2O2S/c1-20(18,19)17-14(10-6-8-11(15)9-7-10)12-4-2-3-5-13(12)16-17/h6-9,12,14H,2-5H2,1H3. The molecule has 2 unspecified atom stereocenters. The van der Waals surface area contributed by atoms with Crippen molar-refractivity contribution in [3.05, 3.63) is 35.6 Å². The van der Waals surface area contributed by atoms with E-state index in [1.54, 1.807) is 12.1 Å². The van der Waals surface area contributed by atoms with Crippen molar-refractivity contribution in [2.45, 2.75) is 31.7 Å². The predicted octanol–water partition coefficient (Wildman–Crippen LogP) is 2.69. The third-order valence-electron chi connectivity index (χ3n) is 4.02. The number of hydrogen-bond acceptors (Lipinski definition) is 3. The molecule has 0 bridgehead atoms. The van der Waals surface area contributed by atoms with Gasteiger partial charge < -0.3 is 0 Å². The Labute approximate surface area is 118 Å². The fraction of sp³-hybridized carbons (Fsp3) is 0.500. The lowest BCUT2D eigenvalue weighted by molar-refractivity contribution is 0.310. The summed E-state index contributed by atoms with van der Waals surface area (Å²) in [6, 6.07) is 5.74. The highest BCUT2D eigenvalue weighted by Gasteiger charge is 2.42. The van der Waals surface area contributed by atoms with Crippen molar-refractivity contribution in [3.8, 4) is 0 Å². The number of nitrogens with zero attached hydrogens (tertiary/aromatic N) is 2. The monoisotopic (exact) mass is 296 g/mol. The molecule has 1 fully saturated rings. The van der Waals surface area contributed by atoms with Crippen LogP contribution in [0.5, 0.6) is 0 Å². The van der Waals surface area contributed by atoms with E-state index >= 15 is 0 Å². The first-order chi connectivity index (χ1) is 9.47. The smallest absolute Gasteiger partial charge is 0.207 e. The van der Waals surface area contributed by atoms with Gasteiger partial charge in [-0.05, 0) is 37.0 Å². The number of rotatable bonds is 2. The average Bonchev–Trinajstić information content (AvgIpc) is 2.79. The van der Waals surface area contributed by atoms with Gasteiger partial charge in [0, 0.05) is 11.6 Å². The minimum Gasteiger partial charge on any atom is -0.207 e. The van der Waals surface area contributed by atoms with Gasteiger partial charge in [0.1, 0.15) is 5.82 Å². The summed E-state index contributed by atoms with van der Waals surface area (Å²) in [6.45, 7) is 0. The maximum Gasteiger partial charge on any atom is 0.247 e. The lowest BCUT2D eigenvalue weighted by Crippen LogP contribution is -2.30. The largest absolute Gasteiger partial charge is 0.247 e. The van der Waals surface area contributed by atoms with Gasteiger partial charge in [0.25, 0.3) is 0 Å². The fourth-order valence-electron chi connectivity index (χ4n) is 3.13. The molecule has 1 heterocycles. The zero-order valence-electron chi connectivity index (χ0n) is 11.3. The molecule has 0 radical (unpaired) electrons. The molecule has 2 aliphatic rings. The SMILES string of the molecule is CS(=O)(=O)N1N=C2CCCCC2C1c1ccc(F)cc1. The van der Waals surface area contributed by atoms with Gasteiger partial charge in [-0.2, -0.15) is 9.52 Å². The Bertz CT molecular complexity index is 640. The Kier molecular flexibility index (Phi) is 3.28. The van der Waals surface area contributed by atoms with Gasteiger partial charge >= 0.3 is 0 Å². The lowest BCUT2D eigenvalue weighted by atomic mass is 9.81. The first kappa shape index (κ1) is 13.5. The number of halogens is 1. The summed E-state index contributed by atoms with van der Waals surface area (Å²) < 4.78 is 38.2. The highest BCUT2D eigenvalue weighted by molar-refractivity contribution is 7.88. The molecule has 0 spiro atoms. The quantitative estimate of drug-likeness (QED) is 0.842. The minimum absolute atomic E-state index is 0.129. The van der Waals surface area contributed by atoms with Crippen molar-refractivity contribution in [1.82, 2.24) is 4.41 Å². The Hall–Kier alpha value is -1.43. The molecule has 0 aromatic heterocycles. The molecule has 2 atom stereocenters. The first-order valence-electron chi connectivity index (χ1n) is 6.79. The molecule has 1 aliphatic carbocycles. The van der Waals surface area contributed by atoms with E-state index in [9.17, 15) is 12.8 Å². The maximum atomic E-state index is 13.1. The molecule has 1 aromatic rings. The zero-order chi connectivity index (χ0) is 14.3. The minimum atomic E-state index is -3.42. The van der Waals surface area contributed by atoms with Gasteiger partial charge in [0.05, 0.1) is 12.3 Å². The molecule has 20 heavy (non-hydrogen) atoms. The summed E-state index contributed by atoms with van der Waals surface area (Å²) in [7, 11) is -3.42. The van der Waals surface area contributed by atoms with E-state index in [2.05, 4.69) is 5.10 Å². The molecule has 1 aliphatic heterocycles. The second-order valence-electron chi connectivity index (χ2n) is 5.48. The Morgan fingerprint density at radius 2 is 1.95 bits per heavy atom. The van der Waals surface area contributed by atoms with Crippen LogP contribution in [-0.2, 0) is 10.0 Å². The molecule has 6 heteroatoms. The van der Waals surface area contributed by atoms with Gasteiger partial charge in [-0.1, -0.05) is 18.6 Å². The van der Waals surface area contributed by atoms with E-state index in [1.807, 2.05) is 0 Å². The molecular weight excluding hydrogens is 279 g/mol. The van der Waals surface area contributed by atoms with Crippen LogP contribution >= 0.6 is 0 Å². The van der Waals surface area contributed by atoms with Crippen molar-refractivity contribution in [2.75, 3.05) is 6.26 Å². The summed E-state index contributed by atoms with van der Waals surface area (Å²) in [5, 5.41) is 4.33. The van der Waals surface area contributed by atoms with Gasteiger partial charge in [0.2, 0.25) is 10.0 Å². The number of fused-ring (bicyclic) bond motifs is 1. The third kappa shape index (κ3) is 2.32. The summed E-state index contributed by atoms with van der Waals surface area (Å²) in [5.41, 5.74) is 1.78. The van der Waals surface area contributed by atoms with Gasteiger partial charge in [-0.25, -0.2) is 12.8 Å². The molecule has 0 saturated heterocycles. The van der Waals surface area contributed by atoms with Crippen LogP contribution in [0.4, 0.5) is 4.39 Å².